The van der Waals surface area contributed by atoms with Crippen LogP contribution < -0.4 is 5.32 Å². The highest BCUT2D eigenvalue weighted by molar-refractivity contribution is 5.77. The molecule has 2 atom stereocenters. The molecule has 0 aromatic carbocycles. The number of hydrogen-bond acceptors (Lipinski definition) is 2. The molecule has 0 bridgehead atoms. The zero-order valence-electron chi connectivity index (χ0n) is 10.8. The van der Waals surface area contributed by atoms with E-state index in [-0.39, 0.29) is 11.8 Å². The second kappa shape index (κ2) is 6.89. The Morgan fingerprint density at radius 2 is 2.06 bits per heavy atom. The maximum atomic E-state index is 11.3. The lowest BCUT2D eigenvalue weighted by atomic mass is 9.88. The molecule has 0 aromatic heterocycles. The fraction of sp³-hybridized carbons (Fsp3) is 0.923. The lowest BCUT2D eigenvalue weighted by Gasteiger charge is -2.28. The summed E-state index contributed by atoms with van der Waals surface area (Å²) in [6.45, 7) is 7.35. The summed E-state index contributed by atoms with van der Waals surface area (Å²) in [6, 6.07) is 0. The molecule has 0 saturated heterocycles. The molecule has 94 valence electrons. The zero-order chi connectivity index (χ0) is 12.0. The largest absolute Gasteiger partial charge is 0.376 e. The van der Waals surface area contributed by atoms with Crippen molar-refractivity contribution in [2.24, 2.45) is 11.8 Å². The van der Waals surface area contributed by atoms with E-state index in [1.54, 1.807) is 0 Å². The smallest absolute Gasteiger partial charge is 0.222 e. The third-order valence-electron chi connectivity index (χ3n) is 3.29. The molecule has 3 heteroatoms. The molecule has 1 fully saturated rings. The van der Waals surface area contributed by atoms with Crippen LogP contribution in [0.2, 0.25) is 0 Å². The molecule has 1 N–H and O–H groups in total. The fourth-order valence-corrected chi connectivity index (χ4v) is 2.12. The van der Waals surface area contributed by atoms with E-state index < -0.39 is 0 Å². The molecule has 0 unspecified atom stereocenters. The van der Waals surface area contributed by atoms with Crippen LogP contribution in [-0.4, -0.2) is 25.2 Å². The standard InChI is InChI=1S/C13H25NO2/c1-10(2)13(15)14-8-9-16-12-7-5-4-6-11(12)3/h10-12H,4-9H2,1-3H3,(H,14,15)/t11-,12-/m0/s1. The minimum atomic E-state index is 0.0635. The molecule has 0 aromatic rings. The molecule has 0 radical (unpaired) electrons. The summed E-state index contributed by atoms with van der Waals surface area (Å²) in [6.07, 6.45) is 5.49. The fourth-order valence-electron chi connectivity index (χ4n) is 2.12. The van der Waals surface area contributed by atoms with E-state index in [4.69, 9.17) is 4.74 Å². The zero-order valence-corrected chi connectivity index (χ0v) is 10.8. The van der Waals surface area contributed by atoms with E-state index in [1.165, 1.54) is 25.7 Å². The highest BCUT2D eigenvalue weighted by Crippen LogP contribution is 2.25. The molecule has 1 aliphatic carbocycles. The topological polar surface area (TPSA) is 38.3 Å². The molecule has 0 spiro atoms. The second-order valence-electron chi connectivity index (χ2n) is 5.12. The number of ether oxygens (including phenoxy) is 1. The Morgan fingerprint density at radius 3 is 2.69 bits per heavy atom. The maximum absolute atomic E-state index is 11.3. The number of rotatable bonds is 5. The van der Waals surface area contributed by atoms with Crippen LogP contribution in [0.1, 0.15) is 46.5 Å². The molecule has 1 aliphatic rings. The van der Waals surface area contributed by atoms with Gasteiger partial charge in [0.1, 0.15) is 0 Å². The van der Waals surface area contributed by atoms with Crippen LogP contribution in [0.5, 0.6) is 0 Å². The van der Waals surface area contributed by atoms with Crippen molar-refractivity contribution in [3.63, 3.8) is 0 Å². The third-order valence-corrected chi connectivity index (χ3v) is 3.29. The van der Waals surface area contributed by atoms with Gasteiger partial charge in [-0.3, -0.25) is 4.79 Å². The van der Waals surface area contributed by atoms with E-state index in [2.05, 4.69) is 12.2 Å². The van der Waals surface area contributed by atoms with Gasteiger partial charge in [0.25, 0.3) is 0 Å². The van der Waals surface area contributed by atoms with Crippen molar-refractivity contribution in [1.29, 1.82) is 0 Å². The van der Waals surface area contributed by atoms with Crippen molar-refractivity contribution in [2.75, 3.05) is 13.2 Å². The van der Waals surface area contributed by atoms with Crippen LogP contribution in [0.3, 0.4) is 0 Å². The summed E-state index contributed by atoms with van der Waals surface area (Å²) in [4.78, 5) is 11.3. The Morgan fingerprint density at radius 1 is 1.38 bits per heavy atom. The first-order chi connectivity index (χ1) is 7.61. The minimum absolute atomic E-state index is 0.0635. The quantitative estimate of drug-likeness (QED) is 0.732. The first-order valence-corrected chi connectivity index (χ1v) is 6.50. The van der Waals surface area contributed by atoms with Crippen molar-refractivity contribution in [3.05, 3.63) is 0 Å². The normalized spacial score (nSPS) is 25.8. The Kier molecular flexibility index (Phi) is 5.81. The molecule has 1 saturated carbocycles. The lowest BCUT2D eigenvalue weighted by molar-refractivity contribution is -0.124. The lowest BCUT2D eigenvalue weighted by Crippen LogP contribution is -2.33. The maximum Gasteiger partial charge on any atom is 0.222 e. The van der Waals surface area contributed by atoms with Crippen LogP contribution >= 0.6 is 0 Å². The van der Waals surface area contributed by atoms with E-state index >= 15 is 0 Å². The Hall–Kier alpha value is -0.570. The highest BCUT2D eigenvalue weighted by Gasteiger charge is 2.21. The molecular formula is C13H25NO2. The predicted octanol–water partition coefficient (Wildman–Crippen LogP) is 2.35. The predicted molar refractivity (Wildman–Crippen MR) is 65.2 cm³/mol. The first kappa shape index (κ1) is 13.5. The van der Waals surface area contributed by atoms with Gasteiger partial charge in [-0.25, -0.2) is 0 Å². The average Bonchev–Trinajstić information content (AvgIpc) is 2.26. The van der Waals surface area contributed by atoms with Crippen molar-refractivity contribution in [3.8, 4) is 0 Å². The highest BCUT2D eigenvalue weighted by atomic mass is 16.5. The van der Waals surface area contributed by atoms with Crippen LogP contribution in [0.15, 0.2) is 0 Å². The Labute approximate surface area is 98.9 Å². The van der Waals surface area contributed by atoms with Gasteiger partial charge in [0.15, 0.2) is 0 Å². The van der Waals surface area contributed by atoms with Crippen molar-refractivity contribution < 1.29 is 9.53 Å². The summed E-state index contributed by atoms with van der Waals surface area (Å²) >= 11 is 0. The summed E-state index contributed by atoms with van der Waals surface area (Å²) in [5.74, 6) is 0.850. The van der Waals surface area contributed by atoms with Gasteiger partial charge in [0, 0.05) is 12.5 Å². The number of hydrogen-bond donors (Lipinski definition) is 1. The Balaban J connectivity index is 2.08. The van der Waals surface area contributed by atoms with Gasteiger partial charge in [-0.15, -0.1) is 0 Å². The van der Waals surface area contributed by atoms with Gasteiger partial charge >= 0.3 is 0 Å². The summed E-state index contributed by atoms with van der Waals surface area (Å²) in [5, 5.41) is 2.87. The Bertz CT molecular complexity index is 216. The number of nitrogens with one attached hydrogen (secondary N) is 1. The van der Waals surface area contributed by atoms with Crippen molar-refractivity contribution in [2.45, 2.75) is 52.6 Å². The molecular weight excluding hydrogens is 202 g/mol. The third kappa shape index (κ3) is 4.52. The van der Waals surface area contributed by atoms with E-state index in [0.717, 1.165) is 0 Å². The van der Waals surface area contributed by atoms with Gasteiger partial charge in [-0.2, -0.15) is 0 Å². The van der Waals surface area contributed by atoms with Crippen LogP contribution in [0.4, 0.5) is 0 Å². The molecule has 1 amide bonds. The van der Waals surface area contributed by atoms with Crippen LogP contribution in [0, 0.1) is 11.8 Å². The number of amides is 1. The molecule has 1 rings (SSSR count). The average molecular weight is 227 g/mol. The molecule has 16 heavy (non-hydrogen) atoms. The number of carbonyl (C=O) groups is 1. The van der Waals surface area contributed by atoms with Gasteiger partial charge in [0.05, 0.1) is 12.7 Å². The SMILES string of the molecule is CC(C)C(=O)NCCO[C@H]1CCCC[C@@H]1C. The molecule has 0 heterocycles. The monoisotopic (exact) mass is 227 g/mol. The second-order valence-corrected chi connectivity index (χ2v) is 5.12. The van der Waals surface area contributed by atoms with Crippen molar-refractivity contribution in [1.82, 2.24) is 5.32 Å². The molecule has 3 nitrogen and oxygen atoms in total. The van der Waals surface area contributed by atoms with E-state index in [1.807, 2.05) is 13.8 Å². The number of carbonyl (C=O) groups excluding carboxylic acids is 1. The van der Waals surface area contributed by atoms with Crippen LogP contribution in [0.25, 0.3) is 0 Å². The summed E-state index contributed by atoms with van der Waals surface area (Å²) in [5.41, 5.74) is 0. The minimum Gasteiger partial charge on any atom is -0.376 e. The van der Waals surface area contributed by atoms with E-state index in [9.17, 15) is 4.79 Å². The van der Waals surface area contributed by atoms with Gasteiger partial charge in [0.2, 0.25) is 5.91 Å². The van der Waals surface area contributed by atoms with Crippen molar-refractivity contribution >= 4 is 5.91 Å². The first-order valence-electron chi connectivity index (χ1n) is 6.50. The summed E-state index contributed by atoms with van der Waals surface area (Å²) in [7, 11) is 0. The van der Waals surface area contributed by atoms with Crippen LogP contribution in [-0.2, 0) is 9.53 Å². The molecule has 0 aliphatic heterocycles. The van der Waals surface area contributed by atoms with Gasteiger partial charge in [-0.05, 0) is 18.8 Å². The van der Waals surface area contributed by atoms with Gasteiger partial charge < -0.3 is 10.1 Å². The van der Waals surface area contributed by atoms with Gasteiger partial charge in [-0.1, -0.05) is 33.6 Å². The van der Waals surface area contributed by atoms with E-state index in [0.29, 0.717) is 25.2 Å². The summed E-state index contributed by atoms with van der Waals surface area (Å²) < 4.78 is 5.81.